The molecule has 0 unspecified atom stereocenters. The molecule has 0 saturated heterocycles. The van der Waals surface area contributed by atoms with E-state index in [0.717, 1.165) is 25.2 Å². The van der Waals surface area contributed by atoms with E-state index in [1.54, 1.807) is 13.8 Å². The molecule has 0 N–H and O–H groups in total. The minimum atomic E-state index is -2.90. The van der Waals surface area contributed by atoms with Crippen molar-refractivity contribution in [3.05, 3.63) is 54.4 Å². The molecule has 1 heterocycles. The van der Waals surface area contributed by atoms with Crippen LogP contribution in [0.2, 0.25) is 0 Å². The van der Waals surface area contributed by atoms with Crippen molar-refractivity contribution in [3.8, 4) is 5.69 Å². The van der Waals surface area contributed by atoms with Crippen LogP contribution in [0.1, 0.15) is 51.5 Å². The van der Waals surface area contributed by atoms with Gasteiger partial charge in [0, 0.05) is 18.1 Å². The van der Waals surface area contributed by atoms with Crippen LogP contribution >= 0.6 is 0 Å². The van der Waals surface area contributed by atoms with E-state index in [0.29, 0.717) is 11.7 Å². The van der Waals surface area contributed by atoms with Crippen molar-refractivity contribution in [2.24, 2.45) is 11.8 Å². The van der Waals surface area contributed by atoms with E-state index in [1.807, 2.05) is 12.1 Å². The van der Waals surface area contributed by atoms with Crippen LogP contribution in [0.5, 0.6) is 0 Å². The molecule has 0 bridgehead atoms. The fourth-order valence-electron chi connectivity index (χ4n) is 3.92. The van der Waals surface area contributed by atoms with Crippen LogP contribution in [0.15, 0.2) is 48.8 Å². The summed E-state index contributed by atoms with van der Waals surface area (Å²) in [7, 11) is -2.90. The van der Waals surface area contributed by atoms with Crippen molar-refractivity contribution in [2.75, 3.05) is 5.75 Å². The average Bonchev–Trinajstić information content (AvgIpc) is 3.16. The second-order valence-electron chi connectivity index (χ2n) is 8.06. The first kappa shape index (κ1) is 19.2. The monoisotopic (exact) mass is 373 g/mol. The van der Waals surface area contributed by atoms with Crippen LogP contribution in [-0.2, 0) is 16.3 Å². The molecular weight excluding hydrogens is 342 g/mol. The molecule has 1 fully saturated rings. The highest BCUT2D eigenvalue weighted by molar-refractivity contribution is 7.91. The molecule has 4 heteroatoms. The van der Waals surface area contributed by atoms with Crippen LogP contribution in [0.3, 0.4) is 0 Å². The number of aromatic nitrogens is 1. The van der Waals surface area contributed by atoms with Crippen LogP contribution in [0.25, 0.3) is 5.69 Å². The number of aryl methyl sites for hydroxylation is 1. The van der Waals surface area contributed by atoms with Gasteiger partial charge in [-0.3, -0.25) is 0 Å². The lowest BCUT2D eigenvalue weighted by Crippen LogP contribution is -2.26. The SMILES string of the molecule is CC(C)S(=O)(=O)CC1CCC(CCc2ccc(-n3cccc3)cc2)CC1. The molecule has 0 spiro atoms. The van der Waals surface area contributed by atoms with Crippen molar-refractivity contribution in [3.63, 3.8) is 0 Å². The van der Waals surface area contributed by atoms with Crippen LogP contribution in [0.4, 0.5) is 0 Å². The lowest BCUT2D eigenvalue weighted by Gasteiger charge is -2.28. The zero-order valence-electron chi connectivity index (χ0n) is 16.0. The molecule has 3 rings (SSSR count). The number of hydrogen-bond acceptors (Lipinski definition) is 2. The summed E-state index contributed by atoms with van der Waals surface area (Å²) in [4.78, 5) is 0. The van der Waals surface area contributed by atoms with E-state index >= 15 is 0 Å². The molecule has 1 aliphatic rings. The maximum atomic E-state index is 12.1. The Hall–Kier alpha value is -1.55. The number of benzene rings is 1. The summed E-state index contributed by atoms with van der Waals surface area (Å²) in [6.07, 6.45) is 11.0. The number of hydrogen-bond donors (Lipinski definition) is 0. The quantitative estimate of drug-likeness (QED) is 0.682. The molecule has 142 valence electrons. The molecule has 0 atom stereocenters. The predicted octanol–water partition coefficient (Wildman–Crippen LogP) is 5.04. The Morgan fingerprint density at radius 3 is 2.12 bits per heavy atom. The minimum Gasteiger partial charge on any atom is -0.324 e. The van der Waals surface area contributed by atoms with E-state index in [9.17, 15) is 8.42 Å². The van der Waals surface area contributed by atoms with Gasteiger partial charge in [0.2, 0.25) is 0 Å². The number of rotatable bonds is 7. The molecule has 26 heavy (non-hydrogen) atoms. The van der Waals surface area contributed by atoms with Gasteiger partial charge in [-0.05, 0) is 81.2 Å². The van der Waals surface area contributed by atoms with Gasteiger partial charge in [-0.25, -0.2) is 8.42 Å². The molecule has 0 aliphatic heterocycles. The fourth-order valence-corrected chi connectivity index (χ4v) is 5.30. The first-order valence-corrected chi connectivity index (χ1v) is 11.6. The third-order valence-corrected chi connectivity index (χ3v) is 8.21. The maximum Gasteiger partial charge on any atom is 0.152 e. The van der Waals surface area contributed by atoms with Gasteiger partial charge >= 0.3 is 0 Å². The maximum absolute atomic E-state index is 12.1. The van der Waals surface area contributed by atoms with Crippen LogP contribution in [0, 0.1) is 11.8 Å². The van der Waals surface area contributed by atoms with Gasteiger partial charge in [-0.2, -0.15) is 0 Å². The van der Waals surface area contributed by atoms with Gasteiger partial charge in [0.15, 0.2) is 9.84 Å². The van der Waals surface area contributed by atoms with Crippen molar-refractivity contribution in [1.82, 2.24) is 4.57 Å². The molecule has 3 nitrogen and oxygen atoms in total. The summed E-state index contributed by atoms with van der Waals surface area (Å²) in [5.41, 5.74) is 2.59. The fraction of sp³-hybridized carbons (Fsp3) is 0.545. The summed E-state index contributed by atoms with van der Waals surface area (Å²) in [6, 6.07) is 12.9. The zero-order valence-corrected chi connectivity index (χ0v) is 16.8. The van der Waals surface area contributed by atoms with Crippen LogP contribution in [-0.4, -0.2) is 24.0 Å². The lowest BCUT2D eigenvalue weighted by atomic mass is 9.80. The Morgan fingerprint density at radius 1 is 0.962 bits per heavy atom. The van der Waals surface area contributed by atoms with Crippen LogP contribution < -0.4 is 0 Å². The van der Waals surface area contributed by atoms with Crippen molar-refractivity contribution < 1.29 is 8.42 Å². The number of nitrogens with zero attached hydrogens (tertiary/aromatic N) is 1. The zero-order chi connectivity index (χ0) is 18.6. The Labute approximate surface area is 158 Å². The number of sulfone groups is 1. The largest absolute Gasteiger partial charge is 0.324 e. The summed E-state index contributed by atoms with van der Waals surface area (Å²) in [5.74, 6) is 1.51. The molecule has 0 amide bonds. The molecule has 1 aliphatic carbocycles. The molecule has 1 aromatic heterocycles. The highest BCUT2D eigenvalue weighted by Crippen LogP contribution is 2.33. The predicted molar refractivity (Wildman–Crippen MR) is 108 cm³/mol. The highest BCUT2D eigenvalue weighted by atomic mass is 32.2. The van der Waals surface area contributed by atoms with Gasteiger partial charge in [0.05, 0.1) is 11.0 Å². The molecule has 1 aromatic carbocycles. The Bertz CT molecular complexity index is 768. The molecule has 2 aromatic rings. The smallest absolute Gasteiger partial charge is 0.152 e. The summed E-state index contributed by atoms with van der Waals surface area (Å²) in [5, 5.41) is -0.241. The topological polar surface area (TPSA) is 39.1 Å². The minimum absolute atomic E-state index is 0.241. The average molecular weight is 374 g/mol. The Morgan fingerprint density at radius 2 is 1.54 bits per heavy atom. The van der Waals surface area contributed by atoms with Gasteiger partial charge in [0.1, 0.15) is 0 Å². The van der Waals surface area contributed by atoms with Gasteiger partial charge in [-0.15, -0.1) is 0 Å². The second-order valence-corrected chi connectivity index (χ2v) is 10.7. The summed E-state index contributed by atoms with van der Waals surface area (Å²) in [6.45, 7) is 3.59. The first-order chi connectivity index (χ1) is 12.4. The van der Waals surface area contributed by atoms with Gasteiger partial charge in [0.25, 0.3) is 0 Å². The van der Waals surface area contributed by atoms with Crippen molar-refractivity contribution >= 4 is 9.84 Å². The lowest BCUT2D eigenvalue weighted by molar-refractivity contribution is 0.278. The molecule has 0 radical (unpaired) electrons. The Kier molecular flexibility index (Phi) is 6.23. The van der Waals surface area contributed by atoms with E-state index in [2.05, 4.69) is 41.2 Å². The third kappa shape index (κ3) is 5.00. The summed E-state index contributed by atoms with van der Waals surface area (Å²) >= 11 is 0. The Balaban J connectivity index is 1.44. The summed E-state index contributed by atoms with van der Waals surface area (Å²) < 4.78 is 26.3. The van der Waals surface area contributed by atoms with E-state index in [1.165, 1.54) is 30.5 Å². The van der Waals surface area contributed by atoms with Crippen molar-refractivity contribution in [1.29, 1.82) is 0 Å². The molecular formula is C22H31NO2S. The standard InChI is InChI=1S/C22H31NO2S/c1-18(2)26(24,25)17-21-9-7-19(8-10-21)5-6-20-11-13-22(14-12-20)23-15-3-4-16-23/h3-4,11-16,18-19,21H,5-10,17H2,1-2H3. The van der Waals surface area contributed by atoms with Gasteiger partial charge < -0.3 is 4.57 Å². The normalized spacial score (nSPS) is 21.2. The molecule has 1 saturated carbocycles. The third-order valence-electron chi connectivity index (χ3n) is 5.83. The van der Waals surface area contributed by atoms with E-state index in [-0.39, 0.29) is 5.25 Å². The van der Waals surface area contributed by atoms with E-state index < -0.39 is 9.84 Å². The van der Waals surface area contributed by atoms with Crippen molar-refractivity contribution in [2.45, 2.75) is 57.6 Å². The van der Waals surface area contributed by atoms with Gasteiger partial charge in [-0.1, -0.05) is 25.0 Å². The first-order valence-electron chi connectivity index (χ1n) is 9.88. The second kappa shape index (κ2) is 8.43. The van der Waals surface area contributed by atoms with E-state index in [4.69, 9.17) is 0 Å². The highest BCUT2D eigenvalue weighted by Gasteiger charge is 2.27.